The molecule has 1 heterocycles. The van der Waals surface area contributed by atoms with Crippen molar-refractivity contribution in [3.63, 3.8) is 0 Å². The number of halogens is 1. The van der Waals surface area contributed by atoms with Crippen LogP contribution >= 0.6 is 24.2 Å². The number of nitrogens with one attached hydrogen (secondary N) is 2. The summed E-state index contributed by atoms with van der Waals surface area (Å²) in [5, 5.41) is 6.07. The Morgan fingerprint density at radius 1 is 1.45 bits per heavy atom. The van der Waals surface area contributed by atoms with Gasteiger partial charge in [-0.25, -0.2) is 0 Å². The SMILES string of the molecule is Cc1ccc(SCCNC(=O)C2COCCN2)cc1.Cl. The number of aryl methyl sites for hydroxylation is 1. The van der Waals surface area contributed by atoms with Crippen molar-refractivity contribution in [2.45, 2.75) is 17.9 Å². The van der Waals surface area contributed by atoms with Gasteiger partial charge in [-0.3, -0.25) is 4.79 Å². The summed E-state index contributed by atoms with van der Waals surface area (Å²) in [6.45, 7) is 4.66. The number of rotatable bonds is 5. The van der Waals surface area contributed by atoms with Gasteiger partial charge in [0, 0.05) is 23.7 Å². The number of hydrogen-bond donors (Lipinski definition) is 2. The molecule has 112 valence electrons. The average Bonchev–Trinajstić information content (AvgIpc) is 2.46. The Bertz CT molecular complexity index is 408. The summed E-state index contributed by atoms with van der Waals surface area (Å²) in [5.74, 6) is 0.909. The minimum atomic E-state index is -0.196. The first-order valence-corrected chi connectivity index (χ1v) is 7.52. The summed E-state index contributed by atoms with van der Waals surface area (Å²) in [6.07, 6.45) is 0. The van der Waals surface area contributed by atoms with Gasteiger partial charge >= 0.3 is 0 Å². The molecule has 1 atom stereocenters. The number of hydrogen-bond acceptors (Lipinski definition) is 4. The first kappa shape index (κ1) is 17.3. The Morgan fingerprint density at radius 2 is 2.20 bits per heavy atom. The first-order chi connectivity index (χ1) is 9.25. The van der Waals surface area contributed by atoms with Crippen molar-refractivity contribution < 1.29 is 9.53 Å². The van der Waals surface area contributed by atoms with Crippen LogP contribution in [0, 0.1) is 6.92 Å². The lowest BCUT2D eigenvalue weighted by Crippen LogP contribution is -2.51. The molecule has 0 radical (unpaired) electrons. The number of ether oxygens (including phenoxy) is 1. The van der Waals surface area contributed by atoms with E-state index in [4.69, 9.17) is 4.74 Å². The molecule has 1 saturated heterocycles. The highest BCUT2D eigenvalue weighted by molar-refractivity contribution is 7.99. The average molecular weight is 317 g/mol. The third kappa shape index (κ3) is 5.71. The normalized spacial score (nSPS) is 18.1. The van der Waals surface area contributed by atoms with Crippen molar-refractivity contribution in [3.05, 3.63) is 29.8 Å². The zero-order valence-electron chi connectivity index (χ0n) is 11.6. The zero-order chi connectivity index (χ0) is 13.5. The van der Waals surface area contributed by atoms with Crippen LogP contribution in [-0.4, -0.2) is 44.0 Å². The fraction of sp³-hybridized carbons (Fsp3) is 0.500. The molecule has 1 unspecified atom stereocenters. The van der Waals surface area contributed by atoms with E-state index in [2.05, 4.69) is 41.8 Å². The smallest absolute Gasteiger partial charge is 0.239 e. The van der Waals surface area contributed by atoms with Crippen molar-refractivity contribution in [1.82, 2.24) is 10.6 Å². The zero-order valence-corrected chi connectivity index (χ0v) is 13.2. The predicted octanol–water partition coefficient (Wildman–Crippen LogP) is 1.61. The van der Waals surface area contributed by atoms with E-state index in [1.54, 1.807) is 11.8 Å². The van der Waals surface area contributed by atoms with Crippen LogP contribution in [0.2, 0.25) is 0 Å². The molecule has 1 aliphatic rings. The summed E-state index contributed by atoms with van der Waals surface area (Å²) < 4.78 is 5.26. The summed E-state index contributed by atoms with van der Waals surface area (Å²) in [5.41, 5.74) is 1.26. The number of thioether (sulfide) groups is 1. The molecular weight excluding hydrogens is 296 g/mol. The Kier molecular flexibility index (Phi) is 7.99. The third-order valence-electron chi connectivity index (χ3n) is 2.93. The Morgan fingerprint density at radius 3 is 2.85 bits per heavy atom. The lowest BCUT2D eigenvalue weighted by atomic mass is 10.2. The molecule has 6 heteroatoms. The van der Waals surface area contributed by atoms with Crippen molar-refractivity contribution in [2.75, 3.05) is 32.1 Å². The van der Waals surface area contributed by atoms with Crippen LogP contribution in [0.25, 0.3) is 0 Å². The third-order valence-corrected chi connectivity index (χ3v) is 3.94. The van der Waals surface area contributed by atoms with Gasteiger partial charge in [0.1, 0.15) is 6.04 Å². The summed E-state index contributed by atoms with van der Waals surface area (Å²) in [4.78, 5) is 13.0. The van der Waals surface area contributed by atoms with E-state index in [1.807, 2.05) is 0 Å². The van der Waals surface area contributed by atoms with Crippen molar-refractivity contribution >= 4 is 30.1 Å². The van der Waals surface area contributed by atoms with Crippen LogP contribution in [0.4, 0.5) is 0 Å². The fourth-order valence-corrected chi connectivity index (χ4v) is 2.60. The van der Waals surface area contributed by atoms with Crippen LogP contribution in [0.15, 0.2) is 29.2 Å². The van der Waals surface area contributed by atoms with Gasteiger partial charge in [0.15, 0.2) is 0 Å². The maximum Gasteiger partial charge on any atom is 0.239 e. The maximum absolute atomic E-state index is 11.8. The second-order valence-corrected chi connectivity index (χ2v) is 5.70. The van der Waals surface area contributed by atoms with Gasteiger partial charge in [0.05, 0.1) is 13.2 Å². The van der Waals surface area contributed by atoms with Crippen molar-refractivity contribution in [3.8, 4) is 0 Å². The van der Waals surface area contributed by atoms with Gasteiger partial charge in [0.25, 0.3) is 0 Å². The maximum atomic E-state index is 11.8. The molecule has 1 aromatic rings. The number of carbonyl (C=O) groups is 1. The van der Waals surface area contributed by atoms with E-state index >= 15 is 0 Å². The van der Waals surface area contributed by atoms with Gasteiger partial charge in [-0.05, 0) is 19.1 Å². The molecule has 0 bridgehead atoms. The van der Waals surface area contributed by atoms with Crippen molar-refractivity contribution in [2.24, 2.45) is 0 Å². The number of benzene rings is 1. The largest absolute Gasteiger partial charge is 0.378 e. The quantitative estimate of drug-likeness (QED) is 0.640. The molecule has 1 aliphatic heterocycles. The highest BCUT2D eigenvalue weighted by Crippen LogP contribution is 2.17. The van der Waals surface area contributed by atoms with Crippen LogP contribution in [0.1, 0.15) is 5.56 Å². The van der Waals surface area contributed by atoms with Crippen LogP contribution in [-0.2, 0) is 9.53 Å². The molecule has 2 rings (SSSR count). The molecule has 1 amide bonds. The number of amides is 1. The minimum Gasteiger partial charge on any atom is -0.378 e. The van der Waals surface area contributed by atoms with Gasteiger partial charge in [-0.15, -0.1) is 24.2 Å². The summed E-state index contributed by atoms with van der Waals surface area (Å²) in [7, 11) is 0. The standard InChI is InChI=1S/C14H20N2O2S.ClH/c1-11-2-4-12(5-3-11)19-9-7-16-14(17)13-10-18-8-6-15-13;/h2-5,13,15H,6-10H2,1H3,(H,16,17);1H. The summed E-state index contributed by atoms with van der Waals surface area (Å²) >= 11 is 1.75. The molecule has 1 fully saturated rings. The topological polar surface area (TPSA) is 50.4 Å². The molecule has 0 saturated carbocycles. The monoisotopic (exact) mass is 316 g/mol. The number of morpholine rings is 1. The van der Waals surface area contributed by atoms with Crippen LogP contribution in [0.5, 0.6) is 0 Å². The van der Waals surface area contributed by atoms with Gasteiger partial charge in [0.2, 0.25) is 5.91 Å². The minimum absolute atomic E-state index is 0. The predicted molar refractivity (Wildman–Crippen MR) is 84.8 cm³/mol. The molecule has 0 spiro atoms. The van der Waals surface area contributed by atoms with Crippen LogP contribution < -0.4 is 10.6 Å². The molecule has 20 heavy (non-hydrogen) atoms. The van der Waals surface area contributed by atoms with Gasteiger partial charge < -0.3 is 15.4 Å². The lowest BCUT2D eigenvalue weighted by molar-refractivity contribution is -0.125. The molecule has 0 aliphatic carbocycles. The second kappa shape index (κ2) is 9.23. The first-order valence-electron chi connectivity index (χ1n) is 6.54. The second-order valence-electron chi connectivity index (χ2n) is 4.53. The van der Waals surface area contributed by atoms with Gasteiger partial charge in [-0.2, -0.15) is 0 Å². The van der Waals surface area contributed by atoms with E-state index in [0.717, 1.165) is 12.3 Å². The molecule has 2 N–H and O–H groups in total. The van der Waals surface area contributed by atoms with E-state index in [9.17, 15) is 4.79 Å². The van der Waals surface area contributed by atoms with E-state index < -0.39 is 0 Å². The summed E-state index contributed by atoms with van der Waals surface area (Å²) in [6, 6.07) is 8.23. The highest BCUT2D eigenvalue weighted by Gasteiger charge is 2.20. The molecule has 1 aromatic carbocycles. The Balaban J connectivity index is 0.00000200. The molecule has 4 nitrogen and oxygen atoms in total. The number of carbonyl (C=O) groups excluding carboxylic acids is 1. The fourth-order valence-electron chi connectivity index (χ4n) is 1.83. The van der Waals surface area contributed by atoms with Crippen LogP contribution in [0.3, 0.4) is 0 Å². The van der Waals surface area contributed by atoms with E-state index in [1.165, 1.54) is 10.5 Å². The Labute approximate surface area is 130 Å². The highest BCUT2D eigenvalue weighted by atomic mass is 35.5. The molecular formula is C14H21ClN2O2S. The lowest BCUT2D eigenvalue weighted by Gasteiger charge is -2.22. The van der Waals surface area contributed by atoms with E-state index in [-0.39, 0.29) is 24.4 Å². The van der Waals surface area contributed by atoms with Gasteiger partial charge in [-0.1, -0.05) is 17.7 Å². The van der Waals surface area contributed by atoms with E-state index in [0.29, 0.717) is 19.8 Å². The van der Waals surface area contributed by atoms with Crippen molar-refractivity contribution in [1.29, 1.82) is 0 Å². The molecule has 0 aromatic heterocycles. The Hall–Kier alpha value is -0.750.